The summed E-state index contributed by atoms with van der Waals surface area (Å²) in [6.07, 6.45) is -0.703. The Labute approximate surface area is 258 Å². The Balaban J connectivity index is 1.24. The lowest BCUT2D eigenvalue weighted by atomic mass is 9.78. The summed E-state index contributed by atoms with van der Waals surface area (Å²) < 4.78 is 45.2. The molecular weight excluding hydrogens is 584 g/mol. The van der Waals surface area contributed by atoms with Crippen LogP contribution in [0.15, 0.2) is 46.9 Å². The van der Waals surface area contributed by atoms with E-state index in [0.717, 1.165) is 16.7 Å². The van der Waals surface area contributed by atoms with Gasteiger partial charge in [0.25, 0.3) is 5.91 Å². The summed E-state index contributed by atoms with van der Waals surface area (Å²) in [5, 5.41) is 25.4. The second kappa shape index (κ2) is 11.8. The highest BCUT2D eigenvalue weighted by Gasteiger charge is 2.53. The number of amides is 2. The third-order valence-electron chi connectivity index (χ3n) is 9.08. The second-order valence-electron chi connectivity index (χ2n) is 12.0. The van der Waals surface area contributed by atoms with Crippen molar-refractivity contribution in [2.75, 3.05) is 33.4 Å². The van der Waals surface area contributed by atoms with Crippen molar-refractivity contribution in [3.63, 3.8) is 0 Å². The normalized spacial score (nSPS) is 20.7. The first-order valence-electron chi connectivity index (χ1n) is 15.0. The summed E-state index contributed by atoms with van der Waals surface area (Å²) in [6, 6.07) is 16.6. The summed E-state index contributed by atoms with van der Waals surface area (Å²) in [6.45, 7) is 2.42. The smallest absolute Gasteiger partial charge is 0.287 e. The number of benzene rings is 2. The zero-order valence-electron chi connectivity index (χ0n) is 24.8. The molecule has 1 unspecified atom stereocenters. The zero-order valence-corrected chi connectivity index (χ0v) is 24.8. The van der Waals surface area contributed by atoms with Crippen LogP contribution in [0, 0.1) is 22.7 Å². The van der Waals surface area contributed by atoms with Crippen LogP contribution in [0.4, 0.5) is 8.78 Å². The van der Waals surface area contributed by atoms with Gasteiger partial charge in [-0.15, -0.1) is 0 Å². The average Bonchev–Trinajstić information content (AvgIpc) is 3.69. The molecule has 2 aliphatic carbocycles. The van der Waals surface area contributed by atoms with Crippen LogP contribution in [-0.2, 0) is 9.53 Å². The van der Waals surface area contributed by atoms with E-state index in [-0.39, 0.29) is 18.6 Å². The standard InChI is InChI=1S/C33H33F2N5O5/c1-43-27-17-22(4-5-24(27)25(19-36)40-12-14-44-15-13-40)21-2-3-23-18-28(45-26(23)16-21)29(41)38-32(8-10-33(34,35)11-9-32)30(42)39-31(20-37)6-7-31/h2-5,16-18,25H,6-15H2,1H3,(H,38,41)(H,39,42). The number of fused-ring (bicyclic) bond motifs is 1. The van der Waals surface area contributed by atoms with Gasteiger partial charge in [0.2, 0.25) is 11.8 Å². The van der Waals surface area contributed by atoms with Gasteiger partial charge >= 0.3 is 0 Å². The van der Waals surface area contributed by atoms with Crippen LogP contribution in [0.25, 0.3) is 22.1 Å². The SMILES string of the molecule is COc1cc(-c2ccc3cc(C(=O)NC4(C(=O)NC5(C#N)CC5)CCC(F)(F)CC4)oc3c2)ccc1C(C#N)N1CCOCC1. The molecule has 0 bridgehead atoms. The van der Waals surface area contributed by atoms with Crippen LogP contribution in [0.1, 0.15) is 60.7 Å². The number of halogens is 2. The number of nitriles is 2. The van der Waals surface area contributed by atoms with Crippen LogP contribution in [0.5, 0.6) is 5.75 Å². The van der Waals surface area contributed by atoms with Crippen LogP contribution >= 0.6 is 0 Å². The molecule has 3 fully saturated rings. The van der Waals surface area contributed by atoms with Crippen molar-refractivity contribution >= 4 is 22.8 Å². The quantitative estimate of drug-likeness (QED) is 0.365. The Hall–Kier alpha value is -4.52. The maximum absolute atomic E-state index is 14.1. The van der Waals surface area contributed by atoms with Gasteiger partial charge in [-0.25, -0.2) is 8.78 Å². The fraction of sp³-hybridized carbons (Fsp3) is 0.455. The summed E-state index contributed by atoms with van der Waals surface area (Å²) in [5.41, 5.74) is 0.164. The third kappa shape index (κ3) is 6.08. The van der Waals surface area contributed by atoms with Crippen molar-refractivity contribution in [1.29, 1.82) is 10.5 Å². The number of carbonyl (C=O) groups excluding carboxylic acids is 2. The van der Waals surface area contributed by atoms with Crippen LogP contribution in [0.2, 0.25) is 0 Å². The minimum atomic E-state index is -2.93. The minimum Gasteiger partial charge on any atom is -0.496 e. The molecule has 0 radical (unpaired) electrons. The molecule has 0 spiro atoms. The van der Waals surface area contributed by atoms with Gasteiger partial charge in [-0.2, -0.15) is 10.5 Å². The molecule has 3 aliphatic rings. The Bertz CT molecular complexity index is 1700. The molecule has 2 amide bonds. The first kappa shape index (κ1) is 30.5. The van der Waals surface area contributed by atoms with Gasteiger partial charge in [0.1, 0.15) is 28.5 Å². The van der Waals surface area contributed by atoms with E-state index < -0.39 is 47.7 Å². The molecule has 1 aromatic heterocycles. The van der Waals surface area contributed by atoms with Crippen molar-refractivity contribution in [1.82, 2.24) is 15.5 Å². The monoisotopic (exact) mass is 617 g/mol. The fourth-order valence-corrected chi connectivity index (χ4v) is 6.08. The highest BCUT2D eigenvalue weighted by atomic mass is 19.3. The Morgan fingerprint density at radius 3 is 2.29 bits per heavy atom. The maximum Gasteiger partial charge on any atom is 0.287 e. The predicted octanol–water partition coefficient (Wildman–Crippen LogP) is 4.86. The molecule has 2 N–H and O–H groups in total. The average molecular weight is 618 g/mol. The minimum absolute atomic E-state index is 0.0663. The van der Waals surface area contributed by atoms with E-state index in [1.54, 1.807) is 25.3 Å². The second-order valence-corrected chi connectivity index (χ2v) is 12.0. The van der Waals surface area contributed by atoms with Gasteiger partial charge in [-0.1, -0.05) is 24.3 Å². The van der Waals surface area contributed by atoms with Crippen LogP contribution in [0.3, 0.4) is 0 Å². The molecule has 3 aromatic rings. The molecule has 2 saturated carbocycles. The number of alkyl halides is 2. The molecule has 1 atom stereocenters. The fourth-order valence-electron chi connectivity index (χ4n) is 6.08. The van der Waals surface area contributed by atoms with Crippen molar-refractivity contribution in [3.05, 3.63) is 53.8 Å². The van der Waals surface area contributed by atoms with E-state index in [2.05, 4.69) is 27.7 Å². The van der Waals surface area contributed by atoms with Crippen molar-refractivity contribution in [2.24, 2.45) is 0 Å². The Morgan fingerprint density at radius 1 is 0.956 bits per heavy atom. The van der Waals surface area contributed by atoms with Gasteiger partial charge in [0, 0.05) is 36.9 Å². The highest BCUT2D eigenvalue weighted by Crippen LogP contribution is 2.41. The van der Waals surface area contributed by atoms with Gasteiger partial charge in [0.05, 0.1) is 32.5 Å². The highest BCUT2D eigenvalue weighted by molar-refractivity contribution is 6.01. The van der Waals surface area contributed by atoms with Gasteiger partial charge in [-0.05, 0) is 55.0 Å². The number of nitrogens with zero attached hydrogens (tertiary/aromatic N) is 3. The summed E-state index contributed by atoms with van der Waals surface area (Å²) in [5.74, 6) is -3.77. The van der Waals surface area contributed by atoms with Gasteiger partial charge in [0.15, 0.2) is 5.76 Å². The predicted molar refractivity (Wildman–Crippen MR) is 158 cm³/mol. The molecule has 45 heavy (non-hydrogen) atoms. The lowest BCUT2D eigenvalue weighted by Gasteiger charge is -2.39. The first-order chi connectivity index (χ1) is 21.6. The molecule has 1 saturated heterocycles. The molecule has 10 nitrogen and oxygen atoms in total. The summed E-state index contributed by atoms with van der Waals surface area (Å²) in [7, 11) is 1.56. The van der Waals surface area contributed by atoms with Crippen molar-refractivity contribution in [2.45, 2.75) is 61.6 Å². The van der Waals surface area contributed by atoms with Gasteiger partial charge in [-0.3, -0.25) is 14.5 Å². The van der Waals surface area contributed by atoms with E-state index in [9.17, 15) is 28.9 Å². The van der Waals surface area contributed by atoms with Crippen LogP contribution < -0.4 is 15.4 Å². The van der Waals surface area contributed by atoms with E-state index in [0.29, 0.717) is 55.9 Å². The third-order valence-corrected chi connectivity index (χ3v) is 9.08. The molecule has 234 valence electrons. The van der Waals surface area contributed by atoms with Gasteiger partial charge < -0.3 is 24.5 Å². The largest absolute Gasteiger partial charge is 0.496 e. The molecule has 6 rings (SSSR count). The van der Waals surface area contributed by atoms with Crippen molar-refractivity contribution < 1.29 is 32.3 Å². The Kier molecular flexibility index (Phi) is 7.98. The van der Waals surface area contributed by atoms with Crippen LogP contribution in [-0.4, -0.2) is 67.1 Å². The molecule has 12 heteroatoms. The lowest BCUT2D eigenvalue weighted by Crippen LogP contribution is -2.62. The molecular formula is C33H33F2N5O5. The van der Waals surface area contributed by atoms with Crippen molar-refractivity contribution in [3.8, 4) is 29.0 Å². The summed E-state index contributed by atoms with van der Waals surface area (Å²) >= 11 is 0. The zero-order chi connectivity index (χ0) is 31.8. The van der Waals surface area contributed by atoms with E-state index >= 15 is 0 Å². The number of methoxy groups -OCH3 is 1. The number of ether oxygens (including phenoxy) is 2. The summed E-state index contributed by atoms with van der Waals surface area (Å²) in [4.78, 5) is 28.8. The number of hydrogen-bond donors (Lipinski definition) is 2. The molecule has 2 heterocycles. The van der Waals surface area contributed by atoms with E-state index in [4.69, 9.17) is 13.9 Å². The number of nitrogens with one attached hydrogen (secondary N) is 2. The first-order valence-corrected chi connectivity index (χ1v) is 15.0. The maximum atomic E-state index is 14.1. The molecule has 1 aliphatic heterocycles. The van der Waals surface area contributed by atoms with E-state index in [1.807, 2.05) is 24.3 Å². The number of furan rings is 1. The number of morpholine rings is 1. The van der Waals surface area contributed by atoms with E-state index in [1.165, 1.54) is 0 Å². The topological polar surface area (TPSA) is 141 Å². The lowest BCUT2D eigenvalue weighted by molar-refractivity contribution is -0.133. The molecule has 2 aromatic carbocycles. The Morgan fingerprint density at radius 2 is 1.64 bits per heavy atom. The number of rotatable bonds is 8. The number of hydrogen-bond acceptors (Lipinski definition) is 8. The number of carbonyl (C=O) groups is 2.